The number of carbonyl (C=O) groups excluding carboxylic acids is 1. The Morgan fingerprint density at radius 1 is 1.00 bits per heavy atom. The second-order valence-corrected chi connectivity index (χ2v) is 8.24. The zero-order valence-electron chi connectivity index (χ0n) is 16.3. The van der Waals surface area contributed by atoms with Gasteiger partial charge in [0, 0.05) is 10.0 Å². The van der Waals surface area contributed by atoms with E-state index in [1.807, 2.05) is 73.7 Å². The molecular formula is C23H20Br2N2O3. The van der Waals surface area contributed by atoms with Crippen LogP contribution in [-0.2, 0) is 11.4 Å². The van der Waals surface area contributed by atoms with E-state index in [0.29, 0.717) is 18.1 Å². The molecule has 5 nitrogen and oxygen atoms in total. The van der Waals surface area contributed by atoms with Gasteiger partial charge in [-0.2, -0.15) is 5.10 Å². The molecule has 0 atom stereocenters. The summed E-state index contributed by atoms with van der Waals surface area (Å²) in [6, 6.07) is 21.2. The summed E-state index contributed by atoms with van der Waals surface area (Å²) in [5.74, 6) is 0.906. The van der Waals surface area contributed by atoms with Crippen molar-refractivity contribution >= 4 is 44.0 Å². The fraction of sp³-hybridized carbons (Fsp3) is 0.130. The zero-order chi connectivity index (χ0) is 21.3. The predicted octanol–water partition coefficient (Wildman–Crippen LogP) is 5.63. The van der Waals surface area contributed by atoms with Gasteiger partial charge in [-0.1, -0.05) is 52.3 Å². The van der Waals surface area contributed by atoms with Crippen LogP contribution in [0.15, 0.2) is 80.8 Å². The molecule has 0 saturated heterocycles. The lowest BCUT2D eigenvalue weighted by atomic mass is 10.2. The van der Waals surface area contributed by atoms with Crippen LogP contribution in [0.25, 0.3) is 0 Å². The molecule has 7 heteroatoms. The van der Waals surface area contributed by atoms with E-state index in [2.05, 4.69) is 42.4 Å². The molecule has 0 aliphatic heterocycles. The van der Waals surface area contributed by atoms with E-state index in [1.165, 1.54) is 0 Å². The van der Waals surface area contributed by atoms with Gasteiger partial charge >= 0.3 is 0 Å². The number of nitrogens with one attached hydrogen (secondary N) is 1. The average Bonchev–Trinajstić information content (AvgIpc) is 2.73. The van der Waals surface area contributed by atoms with Crippen LogP contribution in [-0.4, -0.2) is 18.7 Å². The Hall–Kier alpha value is -2.64. The summed E-state index contributed by atoms with van der Waals surface area (Å²) in [4.78, 5) is 12.0. The minimum atomic E-state index is -0.361. The highest BCUT2D eigenvalue weighted by Crippen LogP contribution is 2.25. The van der Waals surface area contributed by atoms with E-state index >= 15 is 0 Å². The first kappa shape index (κ1) is 22.1. The number of nitrogens with zero attached hydrogens (tertiary/aromatic N) is 1. The lowest BCUT2D eigenvalue weighted by Crippen LogP contribution is -2.24. The first-order valence-corrected chi connectivity index (χ1v) is 10.8. The smallest absolute Gasteiger partial charge is 0.277 e. The third-order valence-corrected chi connectivity index (χ3v) is 5.16. The van der Waals surface area contributed by atoms with Crippen molar-refractivity contribution < 1.29 is 14.3 Å². The van der Waals surface area contributed by atoms with Crippen LogP contribution in [0.5, 0.6) is 11.5 Å². The van der Waals surface area contributed by atoms with E-state index in [0.717, 1.165) is 25.6 Å². The molecule has 0 aliphatic rings. The summed E-state index contributed by atoms with van der Waals surface area (Å²) < 4.78 is 13.1. The van der Waals surface area contributed by atoms with Crippen LogP contribution in [0.2, 0.25) is 0 Å². The molecule has 154 valence electrons. The molecule has 3 aromatic rings. The topological polar surface area (TPSA) is 59.9 Å². The van der Waals surface area contributed by atoms with Gasteiger partial charge in [-0.05, 0) is 64.3 Å². The van der Waals surface area contributed by atoms with Gasteiger partial charge in [-0.3, -0.25) is 4.79 Å². The number of hydrogen-bond acceptors (Lipinski definition) is 4. The Balaban J connectivity index is 1.56. The van der Waals surface area contributed by atoms with Crippen molar-refractivity contribution in [1.82, 2.24) is 5.43 Å². The lowest BCUT2D eigenvalue weighted by molar-refractivity contribution is -0.123. The first-order chi connectivity index (χ1) is 14.5. The van der Waals surface area contributed by atoms with Crippen LogP contribution < -0.4 is 14.9 Å². The number of halogens is 2. The number of hydrogen-bond donors (Lipinski definition) is 1. The van der Waals surface area contributed by atoms with E-state index in [4.69, 9.17) is 9.47 Å². The van der Waals surface area contributed by atoms with Crippen molar-refractivity contribution in [2.24, 2.45) is 5.10 Å². The molecular weight excluding hydrogens is 512 g/mol. The largest absolute Gasteiger partial charge is 0.488 e. The van der Waals surface area contributed by atoms with Crippen molar-refractivity contribution in [3.8, 4) is 11.5 Å². The molecule has 0 aliphatic carbocycles. The Morgan fingerprint density at radius 2 is 1.77 bits per heavy atom. The fourth-order valence-electron chi connectivity index (χ4n) is 2.56. The minimum Gasteiger partial charge on any atom is -0.488 e. The molecule has 0 aromatic heterocycles. The minimum absolute atomic E-state index is 0.144. The van der Waals surface area contributed by atoms with Crippen LogP contribution in [0.1, 0.15) is 16.7 Å². The van der Waals surface area contributed by atoms with Gasteiger partial charge in [0.1, 0.15) is 18.1 Å². The van der Waals surface area contributed by atoms with Crippen molar-refractivity contribution in [3.05, 3.63) is 92.4 Å². The van der Waals surface area contributed by atoms with Crippen molar-refractivity contribution in [2.45, 2.75) is 13.5 Å². The first-order valence-electron chi connectivity index (χ1n) is 9.18. The Labute approximate surface area is 192 Å². The standard InChI is InChI=1S/C23H20Br2N2O3/c1-16-7-9-22(20(25)11-16)30-15-23(28)27-26-13-18-12-19(24)8-10-21(18)29-14-17-5-3-2-4-6-17/h2-13H,14-15H2,1H3,(H,27,28)/b26-13+. The van der Waals surface area contributed by atoms with Gasteiger partial charge < -0.3 is 9.47 Å². The summed E-state index contributed by atoms with van der Waals surface area (Å²) in [7, 11) is 0. The van der Waals surface area contributed by atoms with Gasteiger partial charge in [0.2, 0.25) is 0 Å². The Bertz CT molecular complexity index is 1040. The summed E-state index contributed by atoms with van der Waals surface area (Å²) in [6.07, 6.45) is 1.55. The summed E-state index contributed by atoms with van der Waals surface area (Å²) in [5, 5.41) is 4.03. The van der Waals surface area contributed by atoms with Crippen LogP contribution in [0.3, 0.4) is 0 Å². The molecule has 0 saturated carbocycles. The number of aryl methyl sites for hydroxylation is 1. The SMILES string of the molecule is Cc1ccc(OCC(=O)N/N=C/c2cc(Br)ccc2OCc2ccccc2)c(Br)c1. The third-order valence-electron chi connectivity index (χ3n) is 4.05. The number of benzene rings is 3. The maximum absolute atomic E-state index is 12.0. The van der Waals surface area contributed by atoms with Crippen molar-refractivity contribution in [1.29, 1.82) is 0 Å². The normalized spacial score (nSPS) is 10.8. The fourth-order valence-corrected chi connectivity index (χ4v) is 3.55. The average molecular weight is 532 g/mol. The van der Waals surface area contributed by atoms with Gasteiger partial charge in [-0.25, -0.2) is 5.43 Å². The molecule has 0 heterocycles. The highest BCUT2D eigenvalue weighted by atomic mass is 79.9. The van der Waals surface area contributed by atoms with E-state index in [9.17, 15) is 4.79 Å². The monoisotopic (exact) mass is 530 g/mol. The number of carbonyl (C=O) groups is 1. The van der Waals surface area contributed by atoms with Crippen molar-refractivity contribution in [3.63, 3.8) is 0 Å². The molecule has 1 N–H and O–H groups in total. The molecule has 1 amide bonds. The van der Waals surface area contributed by atoms with Gasteiger partial charge in [-0.15, -0.1) is 0 Å². The molecule has 0 radical (unpaired) electrons. The molecule has 0 spiro atoms. The number of rotatable bonds is 8. The molecule has 0 bridgehead atoms. The Kier molecular flexibility index (Phi) is 8.04. The molecule has 0 fully saturated rings. The van der Waals surface area contributed by atoms with Crippen molar-refractivity contribution in [2.75, 3.05) is 6.61 Å². The maximum Gasteiger partial charge on any atom is 0.277 e. The van der Waals surface area contributed by atoms with E-state index in [1.54, 1.807) is 6.21 Å². The second kappa shape index (κ2) is 10.9. The predicted molar refractivity (Wildman–Crippen MR) is 125 cm³/mol. The van der Waals surface area contributed by atoms with Gasteiger partial charge in [0.05, 0.1) is 10.7 Å². The zero-order valence-corrected chi connectivity index (χ0v) is 19.4. The number of amides is 1. The summed E-state index contributed by atoms with van der Waals surface area (Å²) in [5.41, 5.74) is 5.38. The number of ether oxygens (including phenoxy) is 2. The van der Waals surface area contributed by atoms with Gasteiger partial charge in [0.15, 0.2) is 6.61 Å². The number of hydrazone groups is 1. The van der Waals surface area contributed by atoms with E-state index in [-0.39, 0.29) is 12.5 Å². The summed E-state index contributed by atoms with van der Waals surface area (Å²) >= 11 is 6.87. The van der Waals surface area contributed by atoms with Crippen LogP contribution >= 0.6 is 31.9 Å². The van der Waals surface area contributed by atoms with Crippen LogP contribution in [0.4, 0.5) is 0 Å². The quantitative estimate of drug-likeness (QED) is 0.303. The highest BCUT2D eigenvalue weighted by molar-refractivity contribution is 9.10. The highest BCUT2D eigenvalue weighted by Gasteiger charge is 2.06. The molecule has 0 unspecified atom stereocenters. The van der Waals surface area contributed by atoms with Crippen LogP contribution in [0, 0.1) is 6.92 Å². The third kappa shape index (κ3) is 6.71. The Morgan fingerprint density at radius 3 is 2.53 bits per heavy atom. The molecule has 3 aromatic carbocycles. The van der Waals surface area contributed by atoms with Gasteiger partial charge in [0.25, 0.3) is 5.91 Å². The summed E-state index contributed by atoms with van der Waals surface area (Å²) in [6.45, 7) is 2.28. The van der Waals surface area contributed by atoms with E-state index < -0.39 is 0 Å². The second-order valence-electron chi connectivity index (χ2n) is 6.47. The molecule has 3 rings (SSSR count). The lowest BCUT2D eigenvalue weighted by Gasteiger charge is -2.10. The molecule has 30 heavy (non-hydrogen) atoms. The maximum atomic E-state index is 12.0.